The van der Waals surface area contributed by atoms with E-state index in [9.17, 15) is 33.4 Å². The number of non-ortho nitro benzene ring substituents is 1. The van der Waals surface area contributed by atoms with Gasteiger partial charge in [-0.25, -0.2) is 4.79 Å². The minimum Gasteiger partial charge on any atom is -0.456 e. The van der Waals surface area contributed by atoms with Gasteiger partial charge in [-0.15, -0.1) is 0 Å². The zero-order chi connectivity index (χ0) is 23.3. The topological polar surface area (TPSA) is 159 Å². The minimum atomic E-state index is -3.77. The Balaban J connectivity index is 3.64. The van der Waals surface area contributed by atoms with Crippen molar-refractivity contribution < 1.29 is 32.0 Å². The molecular formula is C16H22BrN3O9S. The number of nitro groups is 2. The first-order valence-electron chi connectivity index (χ1n) is 8.51. The van der Waals surface area contributed by atoms with Gasteiger partial charge in [-0.3, -0.25) is 24.4 Å². The highest BCUT2D eigenvalue weighted by molar-refractivity contribution is 9.09. The summed E-state index contributed by atoms with van der Waals surface area (Å²) in [6, 6.07) is 1.64. The van der Waals surface area contributed by atoms with E-state index < -0.39 is 42.9 Å². The molecule has 0 bridgehead atoms. The third kappa shape index (κ3) is 7.84. The minimum absolute atomic E-state index is 0.113. The van der Waals surface area contributed by atoms with E-state index in [0.29, 0.717) is 5.33 Å². The zero-order valence-corrected chi connectivity index (χ0v) is 19.2. The summed E-state index contributed by atoms with van der Waals surface area (Å²) in [5.74, 6) is -0.993. The lowest BCUT2D eigenvalue weighted by molar-refractivity contribution is -0.393. The third-order valence-electron chi connectivity index (χ3n) is 3.43. The van der Waals surface area contributed by atoms with Crippen LogP contribution in [0.5, 0.6) is 0 Å². The molecule has 0 aliphatic heterocycles. The molecule has 14 heteroatoms. The van der Waals surface area contributed by atoms with Crippen LogP contribution < -0.4 is 4.90 Å². The number of carbonyl (C=O) groups is 1. The SMILES string of the molecule is CC(C)(C)OC(=O)c1cc([N+](=O)[O-])cc([N+](=O)[O-])c1N(CCBr)CCOS(C)(=O)=O. The first kappa shape index (κ1) is 25.7. The maximum atomic E-state index is 12.7. The number of hydrogen-bond acceptors (Lipinski definition) is 10. The monoisotopic (exact) mass is 511 g/mol. The summed E-state index contributed by atoms with van der Waals surface area (Å²) < 4.78 is 32.4. The molecule has 1 aromatic carbocycles. The van der Waals surface area contributed by atoms with Gasteiger partial charge >= 0.3 is 5.97 Å². The van der Waals surface area contributed by atoms with Gasteiger partial charge in [0.1, 0.15) is 11.3 Å². The summed E-state index contributed by atoms with van der Waals surface area (Å²) in [4.78, 5) is 35.3. The van der Waals surface area contributed by atoms with Crippen LogP contribution in [0.3, 0.4) is 0 Å². The number of hydrogen-bond donors (Lipinski definition) is 0. The molecule has 168 valence electrons. The number of nitro benzene ring substituents is 2. The van der Waals surface area contributed by atoms with Gasteiger partial charge in [0.15, 0.2) is 0 Å². The average molecular weight is 512 g/mol. The number of alkyl halides is 1. The Morgan fingerprint density at radius 1 is 1.17 bits per heavy atom. The van der Waals surface area contributed by atoms with Crippen LogP contribution in [0.15, 0.2) is 12.1 Å². The van der Waals surface area contributed by atoms with Crippen LogP contribution in [0, 0.1) is 20.2 Å². The van der Waals surface area contributed by atoms with Crippen molar-refractivity contribution in [3.05, 3.63) is 37.9 Å². The summed E-state index contributed by atoms with van der Waals surface area (Å²) in [5.41, 5.74) is -2.92. The Labute approximate surface area is 181 Å². The fourth-order valence-corrected chi connectivity index (χ4v) is 3.21. The highest BCUT2D eigenvalue weighted by Crippen LogP contribution is 2.37. The Morgan fingerprint density at radius 2 is 1.77 bits per heavy atom. The molecule has 1 rings (SSSR count). The van der Waals surface area contributed by atoms with E-state index in [1.165, 1.54) is 4.90 Å². The fourth-order valence-electron chi connectivity index (χ4n) is 2.41. The Morgan fingerprint density at radius 3 is 2.20 bits per heavy atom. The van der Waals surface area contributed by atoms with Crippen molar-refractivity contribution in [2.75, 3.05) is 36.2 Å². The number of carbonyl (C=O) groups excluding carboxylic acids is 1. The number of anilines is 1. The molecule has 1 aromatic rings. The van der Waals surface area contributed by atoms with E-state index in [0.717, 1.165) is 18.4 Å². The Kier molecular flexibility index (Phi) is 8.68. The van der Waals surface area contributed by atoms with E-state index in [2.05, 4.69) is 15.9 Å². The Bertz CT molecular complexity index is 929. The van der Waals surface area contributed by atoms with Gasteiger partial charge < -0.3 is 9.64 Å². The largest absolute Gasteiger partial charge is 0.456 e. The highest BCUT2D eigenvalue weighted by Gasteiger charge is 2.33. The highest BCUT2D eigenvalue weighted by atomic mass is 79.9. The number of nitrogens with zero attached hydrogens (tertiary/aromatic N) is 3. The normalized spacial score (nSPS) is 11.8. The number of rotatable bonds is 10. The zero-order valence-electron chi connectivity index (χ0n) is 16.8. The van der Waals surface area contributed by atoms with Gasteiger partial charge in [0.25, 0.3) is 21.5 Å². The maximum absolute atomic E-state index is 12.7. The van der Waals surface area contributed by atoms with Crippen LogP contribution in [0.2, 0.25) is 0 Å². The first-order chi connectivity index (χ1) is 13.7. The van der Waals surface area contributed by atoms with E-state index in [-0.39, 0.29) is 30.9 Å². The molecule has 0 amide bonds. The van der Waals surface area contributed by atoms with Crippen molar-refractivity contribution >= 4 is 49.1 Å². The first-order valence-corrected chi connectivity index (χ1v) is 11.5. The predicted octanol–water partition coefficient (Wildman–Crippen LogP) is 2.64. The number of halogens is 1. The second-order valence-electron chi connectivity index (χ2n) is 7.08. The van der Waals surface area contributed by atoms with Gasteiger partial charge in [0.2, 0.25) is 0 Å². The molecule has 0 aliphatic rings. The summed E-state index contributed by atoms with van der Waals surface area (Å²) in [5, 5.41) is 23.2. The second kappa shape index (κ2) is 10.1. The molecule has 12 nitrogen and oxygen atoms in total. The van der Waals surface area contributed by atoms with Crippen LogP contribution in [-0.2, 0) is 19.0 Å². The molecule has 0 fully saturated rings. The molecule has 30 heavy (non-hydrogen) atoms. The standard InChI is InChI=1S/C16H22BrN3O9S/c1-16(2,3)29-15(21)12-9-11(19(22)23)10-13(20(24)25)14(12)18(6-5-17)7-8-28-30(4,26)27/h9-10H,5-8H2,1-4H3. The smallest absolute Gasteiger partial charge is 0.341 e. The van der Waals surface area contributed by atoms with Gasteiger partial charge in [-0.05, 0) is 20.8 Å². The quantitative estimate of drug-likeness (QED) is 0.150. The maximum Gasteiger partial charge on any atom is 0.341 e. The van der Waals surface area contributed by atoms with Crippen molar-refractivity contribution in [1.29, 1.82) is 0 Å². The molecule has 0 radical (unpaired) electrons. The van der Waals surface area contributed by atoms with Crippen molar-refractivity contribution in [3.63, 3.8) is 0 Å². The van der Waals surface area contributed by atoms with E-state index in [1.54, 1.807) is 20.8 Å². The lowest BCUT2D eigenvalue weighted by Gasteiger charge is -2.26. The van der Waals surface area contributed by atoms with Crippen molar-refractivity contribution in [1.82, 2.24) is 0 Å². The summed E-state index contributed by atoms with van der Waals surface area (Å²) in [6.07, 6.45) is 0.849. The van der Waals surface area contributed by atoms with Gasteiger partial charge in [-0.2, -0.15) is 8.42 Å². The molecule has 0 N–H and O–H groups in total. The third-order valence-corrected chi connectivity index (χ3v) is 4.38. The van der Waals surface area contributed by atoms with Gasteiger partial charge in [-0.1, -0.05) is 15.9 Å². The fraction of sp³-hybridized carbons (Fsp3) is 0.562. The summed E-state index contributed by atoms with van der Waals surface area (Å²) >= 11 is 3.19. The molecule has 0 aliphatic carbocycles. The average Bonchev–Trinajstić information content (AvgIpc) is 2.57. The van der Waals surface area contributed by atoms with Gasteiger partial charge in [0, 0.05) is 24.5 Å². The van der Waals surface area contributed by atoms with E-state index in [1.807, 2.05) is 0 Å². The van der Waals surface area contributed by atoms with Crippen molar-refractivity contribution in [2.24, 2.45) is 0 Å². The molecule has 0 unspecified atom stereocenters. The van der Waals surface area contributed by atoms with Crippen LogP contribution in [0.25, 0.3) is 0 Å². The van der Waals surface area contributed by atoms with Crippen molar-refractivity contribution in [3.8, 4) is 0 Å². The predicted molar refractivity (Wildman–Crippen MR) is 112 cm³/mol. The molecular weight excluding hydrogens is 490 g/mol. The lowest BCUT2D eigenvalue weighted by atomic mass is 10.1. The van der Waals surface area contributed by atoms with E-state index >= 15 is 0 Å². The lowest BCUT2D eigenvalue weighted by Crippen LogP contribution is -2.33. The summed E-state index contributed by atoms with van der Waals surface area (Å²) in [6.45, 7) is 4.34. The number of ether oxygens (including phenoxy) is 1. The molecule has 0 heterocycles. The molecule has 0 spiro atoms. The van der Waals surface area contributed by atoms with Crippen LogP contribution >= 0.6 is 15.9 Å². The van der Waals surface area contributed by atoms with Crippen LogP contribution in [-0.4, -0.2) is 61.1 Å². The number of esters is 1. The molecule has 0 saturated carbocycles. The summed E-state index contributed by atoms with van der Waals surface area (Å²) in [7, 11) is -3.77. The molecule has 0 saturated heterocycles. The van der Waals surface area contributed by atoms with Gasteiger partial charge in [0.05, 0.1) is 34.3 Å². The van der Waals surface area contributed by atoms with Crippen molar-refractivity contribution in [2.45, 2.75) is 26.4 Å². The molecule has 0 aromatic heterocycles. The van der Waals surface area contributed by atoms with Crippen LogP contribution in [0.1, 0.15) is 31.1 Å². The van der Waals surface area contributed by atoms with Crippen LogP contribution in [0.4, 0.5) is 17.1 Å². The number of benzene rings is 1. The second-order valence-corrected chi connectivity index (χ2v) is 9.52. The molecule has 0 atom stereocenters. The Hall–Kier alpha value is -2.32. The van der Waals surface area contributed by atoms with E-state index in [4.69, 9.17) is 8.92 Å².